The first-order valence-corrected chi connectivity index (χ1v) is 8.71. The Morgan fingerprint density at radius 3 is 2.68 bits per heavy atom. The van der Waals surface area contributed by atoms with E-state index in [1.54, 1.807) is 0 Å². The van der Waals surface area contributed by atoms with Crippen LogP contribution in [-0.4, -0.2) is 27.2 Å². The number of hydrogen-bond acceptors (Lipinski definition) is 4. The number of ether oxygens (including phenoxy) is 1. The maximum Gasteiger partial charge on any atom is 0.161 e. The maximum atomic E-state index is 11.0. The molecule has 0 unspecified atom stereocenters. The minimum absolute atomic E-state index is 0.242. The second-order valence-electron chi connectivity index (χ2n) is 6.52. The largest absolute Gasteiger partial charge is 0.388 e. The molecule has 0 saturated carbocycles. The van der Waals surface area contributed by atoms with Crippen LogP contribution < -0.4 is 5.32 Å². The predicted octanol–water partition coefficient (Wildman–Crippen LogP) is 3.56. The molecule has 5 heteroatoms. The fourth-order valence-electron chi connectivity index (χ4n) is 3.65. The Balaban J connectivity index is 1.90. The fourth-order valence-corrected chi connectivity index (χ4v) is 3.65. The van der Waals surface area contributed by atoms with E-state index in [-0.39, 0.29) is 12.1 Å². The van der Waals surface area contributed by atoms with Crippen molar-refractivity contribution in [1.29, 1.82) is 0 Å². The molecule has 0 saturated heterocycles. The Morgan fingerprint density at radius 1 is 1.20 bits per heavy atom. The number of aliphatic hydroxyl groups excluding tert-OH is 1. The van der Waals surface area contributed by atoms with Gasteiger partial charge in [-0.25, -0.2) is 4.98 Å². The molecule has 0 radical (unpaired) electrons. The number of aliphatic hydroxyl groups is 1. The van der Waals surface area contributed by atoms with Crippen LogP contribution >= 0.6 is 0 Å². The van der Waals surface area contributed by atoms with Crippen molar-refractivity contribution in [3.8, 4) is 0 Å². The van der Waals surface area contributed by atoms with Crippen molar-refractivity contribution in [3.63, 3.8) is 0 Å². The van der Waals surface area contributed by atoms with Crippen LogP contribution in [0.4, 0.5) is 5.69 Å². The second-order valence-corrected chi connectivity index (χ2v) is 6.52. The van der Waals surface area contributed by atoms with E-state index in [9.17, 15) is 5.11 Å². The van der Waals surface area contributed by atoms with E-state index in [2.05, 4.69) is 16.6 Å². The van der Waals surface area contributed by atoms with Gasteiger partial charge in [0.1, 0.15) is 12.2 Å². The molecule has 3 atom stereocenters. The van der Waals surface area contributed by atoms with Crippen LogP contribution in [0.3, 0.4) is 0 Å². The van der Waals surface area contributed by atoms with E-state index >= 15 is 0 Å². The first kappa shape index (κ1) is 16.1. The summed E-state index contributed by atoms with van der Waals surface area (Å²) in [6.07, 6.45) is 0.954. The summed E-state index contributed by atoms with van der Waals surface area (Å²) in [5.74, 6) is 0. The van der Waals surface area contributed by atoms with Gasteiger partial charge in [-0.15, -0.1) is 0 Å². The van der Waals surface area contributed by atoms with E-state index in [0.29, 0.717) is 6.61 Å². The molecule has 1 aliphatic rings. The van der Waals surface area contributed by atoms with Gasteiger partial charge in [0.15, 0.2) is 5.65 Å². The lowest BCUT2D eigenvalue weighted by atomic mass is 9.89. The summed E-state index contributed by atoms with van der Waals surface area (Å²) in [4.78, 5) is 4.74. The molecule has 2 aromatic heterocycles. The highest BCUT2D eigenvalue weighted by Crippen LogP contribution is 2.43. The zero-order valence-corrected chi connectivity index (χ0v) is 14.7. The highest BCUT2D eigenvalue weighted by molar-refractivity contribution is 5.75. The summed E-state index contributed by atoms with van der Waals surface area (Å²) >= 11 is 0. The molecule has 0 spiro atoms. The number of hydrogen-bond donors (Lipinski definition) is 2. The number of anilines is 1. The molecule has 1 aromatic carbocycles. The van der Waals surface area contributed by atoms with Crippen molar-refractivity contribution in [1.82, 2.24) is 9.38 Å². The molecule has 0 bridgehead atoms. The van der Waals surface area contributed by atoms with Crippen molar-refractivity contribution >= 4 is 11.3 Å². The summed E-state index contributed by atoms with van der Waals surface area (Å²) < 4.78 is 8.02. The topological polar surface area (TPSA) is 58.8 Å². The van der Waals surface area contributed by atoms with Gasteiger partial charge in [0.25, 0.3) is 0 Å². The van der Waals surface area contributed by atoms with E-state index in [1.165, 1.54) is 0 Å². The van der Waals surface area contributed by atoms with E-state index in [0.717, 1.165) is 33.8 Å². The number of aryl methyl sites for hydroxylation is 2. The summed E-state index contributed by atoms with van der Waals surface area (Å²) in [7, 11) is 0. The Kier molecular flexibility index (Phi) is 3.98. The molecule has 130 valence electrons. The van der Waals surface area contributed by atoms with Crippen LogP contribution in [0.25, 0.3) is 5.65 Å². The summed E-state index contributed by atoms with van der Waals surface area (Å²) in [6, 6.07) is 11.8. The van der Waals surface area contributed by atoms with E-state index < -0.39 is 6.10 Å². The number of nitrogens with one attached hydrogen (secondary N) is 1. The van der Waals surface area contributed by atoms with Crippen LogP contribution in [0.15, 0.2) is 42.6 Å². The third kappa shape index (κ3) is 2.51. The Labute approximate surface area is 147 Å². The van der Waals surface area contributed by atoms with Gasteiger partial charge < -0.3 is 19.6 Å². The number of aromatic nitrogens is 2. The van der Waals surface area contributed by atoms with Crippen molar-refractivity contribution in [3.05, 3.63) is 65.1 Å². The quantitative estimate of drug-likeness (QED) is 0.767. The number of nitrogens with zero attached hydrogens (tertiary/aromatic N) is 2. The lowest BCUT2D eigenvalue weighted by molar-refractivity contribution is -0.0462. The Bertz CT molecular complexity index is 904. The molecule has 3 heterocycles. The minimum Gasteiger partial charge on any atom is -0.388 e. The number of rotatable bonds is 3. The van der Waals surface area contributed by atoms with Gasteiger partial charge in [0, 0.05) is 24.1 Å². The molecule has 0 amide bonds. The van der Waals surface area contributed by atoms with Crippen LogP contribution in [0.2, 0.25) is 0 Å². The number of imidazole rings is 1. The molecule has 3 aromatic rings. The Morgan fingerprint density at radius 2 is 1.96 bits per heavy atom. The highest BCUT2D eigenvalue weighted by Gasteiger charge is 2.38. The zero-order valence-electron chi connectivity index (χ0n) is 14.7. The summed E-state index contributed by atoms with van der Waals surface area (Å²) in [5, 5.41) is 14.5. The molecule has 5 nitrogen and oxygen atoms in total. The van der Waals surface area contributed by atoms with Crippen LogP contribution in [0.5, 0.6) is 0 Å². The van der Waals surface area contributed by atoms with Crippen molar-refractivity contribution in [2.24, 2.45) is 0 Å². The van der Waals surface area contributed by atoms with Gasteiger partial charge in [0.05, 0.1) is 17.4 Å². The molecule has 25 heavy (non-hydrogen) atoms. The smallest absolute Gasteiger partial charge is 0.161 e. The zero-order chi connectivity index (χ0) is 17.6. The predicted molar refractivity (Wildman–Crippen MR) is 97.8 cm³/mol. The van der Waals surface area contributed by atoms with Crippen LogP contribution in [0, 0.1) is 13.8 Å². The third-order valence-corrected chi connectivity index (χ3v) is 5.07. The first-order chi connectivity index (χ1) is 12.1. The maximum absolute atomic E-state index is 11.0. The molecule has 2 N–H and O–H groups in total. The van der Waals surface area contributed by atoms with Crippen LogP contribution in [-0.2, 0) is 4.74 Å². The van der Waals surface area contributed by atoms with Gasteiger partial charge in [-0.05, 0) is 32.4 Å². The highest BCUT2D eigenvalue weighted by atomic mass is 16.5. The molecular weight excluding hydrogens is 314 g/mol. The van der Waals surface area contributed by atoms with Crippen molar-refractivity contribution < 1.29 is 9.84 Å². The van der Waals surface area contributed by atoms with Gasteiger partial charge in [-0.3, -0.25) is 0 Å². The van der Waals surface area contributed by atoms with Gasteiger partial charge in [0.2, 0.25) is 0 Å². The molecular formula is C20H23N3O2. The monoisotopic (exact) mass is 337 g/mol. The lowest BCUT2D eigenvalue weighted by Crippen LogP contribution is -2.37. The second kappa shape index (κ2) is 6.17. The summed E-state index contributed by atoms with van der Waals surface area (Å²) in [5.41, 5.74) is 5.94. The fraction of sp³-hybridized carbons (Fsp3) is 0.350. The third-order valence-electron chi connectivity index (χ3n) is 5.07. The van der Waals surface area contributed by atoms with E-state index in [1.807, 2.05) is 56.4 Å². The van der Waals surface area contributed by atoms with Crippen LogP contribution in [0.1, 0.15) is 41.6 Å². The standard InChI is InChI=1S/C20H23N3O2/c1-4-25-19-15-10-11-23-13(3)12(2)21-20(23)17(15)22-16(18(19)24)14-8-6-5-7-9-14/h5-11,16,18-19,22,24H,4H2,1-3H3/t16-,18-,19+/m1/s1. The van der Waals surface area contributed by atoms with Gasteiger partial charge in [-0.2, -0.15) is 0 Å². The normalized spacial score (nSPS) is 22.6. The number of fused-ring (bicyclic) bond motifs is 3. The van der Waals surface area contributed by atoms with Crippen molar-refractivity contribution in [2.75, 3.05) is 11.9 Å². The van der Waals surface area contributed by atoms with Gasteiger partial charge in [-0.1, -0.05) is 30.3 Å². The first-order valence-electron chi connectivity index (χ1n) is 8.71. The van der Waals surface area contributed by atoms with Crippen molar-refractivity contribution in [2.45, 2.75) is 39.0 Å². The molecule has 1 aliphatic heterocycles. The van der Waals surface area contributed by atoms with E-state index in [4.69, 9.17) is 9.72 Å². The number of pyridine rings is 1. The molecule has 4 rings (SSSR count). The molecule has 0 fully saturated rings. The minimum atomic E-state index is -0.672. The SMILES string of the molecule is CCO[C@H]1c2ccn3c(C)c(C)nc3c2N[C@H](c2ccccc2)[C@H]1O. The number of benzene rings is 1. The van der Waals surface area contributed by atoms with Gasteiger partial charge >= 0.3 is 0 Å². The average molecular weight is 337 g/mol. The molecule has 0 aliphatic carbocycles. The summed E-state index contributed by atoms with van der Waals surface area (Å²) in [6.45, 7) is 6.57. The Hall–Kier alpha value is -2.37. The lowest BCUT2D eigenvalue weighted by Gasteiger charge is -2.37. The average Bonchev–Trinajstić information content (AvgIpc) is 2.92.